The molecule has 0 radical (unpaired) electrons. The van der Waals surface area contributed by atoms with Crippen molar-refractivity contribution in [2.45, 2.75) is 12.5 Å². The maximum Gasteiger partial charge on any atom is 0.228 e. The molecule has 1 aromatic carbocycles. The predicted molar refractivity (Wildman–Crippen MR) is 57.9 cm³/mol. The second-order valence-electron chi connectivity index (χ2n) is 3.64. The molecule has 1 aliphatic heterocycles. The molecule has 4 heteroatoms. The number of benzene rings is 1. The first-order valence-corrected chi connectivity index (χ1v) is 4.91. The smallest absolute Gasteiger partial charge is 0.228 e. The number of amides is 1. The van der Waals surface area contributed by atoms with Gasteiger partial charge in [-0.05, 0) is 12.1 Å². The molecule has 2 rings (SSSR count). The Balaban J connectivity index is 2.33. The summed E-state index contributed by atoms with van der Waals surface area (Å²) in [5.74, 6) is 0.770. The van der Waals surface area contributed by atoms with E-state index in [0.717, 1.165) is 5.69 Å². The molecular formula is C11H14N2O2. The van der Waals surface area contributed by atoms with Gasteiger partial charge >= 0.3 is 0 Å². The van der Waals surface area contributed by atoms with Gasteiger partial charge in [-0.25, -0.2) is 0 Å². The summed E-state index contributed by atoms with van der Waals surface area (Å²) in [6, 6.07) is 7.40. The Labute approximate surface area is 88.6 Å². The number of hydrogen-bond donors (Lipinski definition) is 1. The van der Waals surface area contributed by atoms with E-state index >= 15 is 0 Å². The van der Waals surface area contributed by atoms with E-state index in [4.69, 9.17) is 10.5 Å². The Kier molecular flexibility index (Phi) is 2.60. The van der Waals surface area contributed by atoms with E-state index in [9.17, 15) is 4.79 Å². The number of anilines is 1. The zero-order chi connectivity index (χ0) is 10.8. The summed E-state index contributed by atoms with van der Waals surface area (Å²) in [7, 11) is 1.60. The number of rotatable bonds is 2. The van der Waals surface area contributed by atoms with Gasteiger partial charge in [0.25, 0.3) is 0 Å². The van der Waals surface area contributed by atoms with Crippen LogP contribution in [0.25, 0.3) is 0 Å². The zero-order valence-electron chi connectivity index (χ0n) is 8.64. The van der Waals surface area contributed by atoms with Crippen LogP contribution in [0.2, 0.25) is 0 Å². The van der Waals surface area contributed by atoms with Crippen molar-refractivity contribution in [2.24, 2.45) is 5.73 Å². The molecule has 1 aromatic rings. The quantitative estimate of drug-likeness (QED) is 0.777. The van der Waals surface area contributed by atoms with Gasteiger partial charge in [0, 0.05) is 19.0 Å². The molecule has 1 atom stereocenters. The fraction of sp³-hybridized carbons (Fsp3) is 0.364. The number of nitrogens with zero attached hydrogens (tertiary/aromatic N) is 1. The first-order chi connectivity index (χ1) is 7.22. The van der Waals surface area contributed by atoms with Crippen molar-refractivity contribution in [3.05, 3.63) is 24.3 Å². The van der Waals surface area contributed by atoms with Gasteiger partial charge in [0.1, 0.15) is 5.75 Å². The normalized spacial score (nSPS) is 20.8. The molecule has 4 nitrogen and oxygen atoms in total. The third-order valence-electron chi connectivity index (χ3n) is 2.53. The largest absolute Gasteiger partial charge is 0.495 e. The van der Waals surface area contributed by atoms with E-state index in [0.29, 0.717) is 18.7 Å². The van der Waals surface area contributed by atoms with Crippen LogP contribution in [-0.2, 0) is 4.79 Å². The van der Waals surface area contributed by atoms with E-state index < -0.39 is 0 Å². The van der Waals surface area contributed by atoms with Crippen LogP contribution < -0.4 is 15.4 Å². The van der Waals surface area contributed by atoms with Crippen molar-refractivity contribution in [1.29, 1.82) is 0 Å². The van der Waals surface area contributed by atoms with Crippen molar-refractivity contribution in [1.82, 2.24) is 0 Å². The highest BCUT2D eigenvalue weighted by Gasteiger charge is 2.29. The molecule has 0 aliphatic carbocycles. The average molecular weight is 206 g/mol. The fourth-order valence-electron chi connectivity index (χ4n) is 1.82. The molecule has 1 saturated heterocycles. The summed E-state index contributed by atoms with van der Waals surface area (Å²) in [6.45, 7) is 0.569. The van der Waals surface area contributed by atoms with E-state index in [1.54, 1.807) is 12.0 Å². The highest BCUT2D eigenvalue weighted by atomic mass is 16.5. The molecule has 2 N–H and O–H groups in total. The maximum absolute atomic E-state index is 11.6. The third-order valence-corrected chi connectivity index (χ3v) is 2.53. The summed E-state index contributed by atoms with van der Waals surface area (Å²) in [6.07, 6.45) is 0.415. The fourth-order valence-corrected chi connectivity index (χ4v) is 1.82. The number of para-hydroxylation sites is 2. The molecule has 1 amide bonds. The number of hydrogen-bond acceptors (Lipinski definition) is 3. The average Bonchev–Trinajstić information content (AvgIpc) is 2.57. The van der Waals surface area contributed by atoms with E-state index in [1.807, 2.05) is 24.3 Å². The lowest BCUT2D eigenvalue weighted by atomic mass is 10.2. The lowest BCUT2D eigenvalue weighted by Gasteiger charge is -2.18. The van der Waals surface area contributed by atoms with E-state index in [1.165, 1.54) is 0 Å². The topological polar surface area (TPSA) is 55.6 Å². The minimum absolute atomic E-state index is 0.0620. The van der Waals surface area contributed by atoms with Crippen LogP contribution in [0.3, 0.4) is 0 Å². The standard InChI is InChI=1S/C11H14N2O2/c1-15-10-5-3-2-4-9(10)13-7-8(12)6-11(13)14/h2-5,8H,6-7,12H2,1H3/t8-/m0/s1. The number of nitrogens with two attached hydrogens (primary N) is 1. The molecule has 15 heavy (non-hydrogen) atoms. The minimum atomic E-state index is -0.0672. The molecule has 0 bridgehead atoms. The molecule has 0 aromatic heterocycles. The van der Waals surface area contributed by atoms with E-state index in [-0.39, 0.29) is 11.9 Å². The Morgan fingerprint density at radius 2 is 2.20 bits per heavy atom. The molecule has 1 fully saturated rings. The number of ether oxygens (including phenoxy) is 1. The minimum Gasteiger partial charge on any atom is -0.495 e. The van der Waals surface area contributed by atoms with Gasteiger partial charge in [-0.2, -0.15) is 0 Å². The molecule has 80 valence electrons. The Hall–Kier alpha value is -1.55. The second kappa shape index (κ2) is 3.90. The van der Waals surface area contributed by atoms with Crippen LogP contribution in [0.5, 0.6) is 5.75 Å². The summed E-state index contributed by atoms with van der Waals surface area (Å²) in [5, 5.41) is 0. The van der Waals surface area contributed by atoms with E-state index in [2.05, 4.69) is 0 Å². The first-order valence-electron chi connectivity index (χ1n) is 4.91. The van der Waals surface area contributed by atoms with Crippen LogP contribution in [0, 0.1) is 0 Å². The lowest BCUT2D eigenvalue weighted by Crippen LogP contribution is -2.28. The van der Waals surface area contributed by atoms with Crippen LogP contribution in [-0.4, -0.2) is 25.6 Å². The van der Waals surface area contributed by atoms with Crippen molar-refractivity contribution >= 4 is 11.6 Å². The Morgan fingerprint density at radius 1 is 1.47 bits per heavy atom. The highest BCUT2D eigenvalue weighted by Crippen LogP contribution is 2.30. The number of carbonyl (C=O) groups excluding carboxylic acids is 1. The summed E-state index contributed by atoms with van der Waals surface area (Å²) < 4.78 is 5.21. The van der Waals surface area contributed by atoms with Gasteiger partial charge in [0.2, 0.25) is 5.91 Å². The summed E-state index contributed by atoms with van der Waals surface area (Å²) >= 11 is 0. The Morgan fingerprint density at radius 3 is 2.80 bits per heavy atom. The van der Waals surface area contributed by atoms with Gasteiger partial charge in [-0.3, -0.25) is 4.79 Å². The maximum atomic E-state index is 11.6. The van der Waals surface area contributed by atoms with Crippen molar-refractivity contribution in [3.63, 3.8) is 0 Å². The number of methoxy groups -OCH3 is 1. The van der Waals surface area contributed by atoms with Gasteiger partial charge < -0.3 is 15.4 Å². The van der Waals surface area contributed by atoms with Gasteiger partial charge in [-0.1, -0.05) is 12.1 Å². The zero-order valence-corrected chi connectivity index (χ0v) is 8.64. The number of carbonyl (C=O) groups is 1. The predicted octanol–water partition coefficient (Wildman–Crippen LogP) is 0.759. The van der Waals surface area contributed by atoms with Crippen molar-refractivity contribution in [2.75, 3.05) is 18.6 Å². The molecular weight excluding hydrogens is 192 g/mol. The molecule has 1 heterocycles. The molecule has 0 spiro atoms. The second-order valence-corrected chi connectivity index (χ2v) is 3.64. The van der Waals surface area contributed by atoms with Crippen molar-refractivity contribution < 1.29 is 9.53 Å². The lowest BCUT2D eigenvalue weighted by molar-refractivity contribution is -0.117. The van der Waals surface area contributed by atoms with Gasteiger partial charge in [-0.15, -0.1) is 0 Å². The molecule has 0 saturated carbocycles. The SMILES string of the molecule is COc1ccccc1N1C[C@@H](N)CC1=O. The highest BCUT2D eigenvalue weighted by molar-refractivity contribution is 5.97. The first kappa shape index (κ1) is 9.98. The van der Waals surface area contributed by atoms with Crippen LogP contribution in [0.15, 0.2) is 24.3 Å². The van der Waals surface area contributed by atoms with Crippen LogP contribution >= 0.6 is 0 Å². The summed E-state index contributed by atoms with van der Waals surface area (Å²) in [4.78, 5) is 13.3. The van der Waals surface area contributed by atoms with Crippen LogP contribution in [0.1, 0.15) is 6.42 Å². The van der Waals surface area contributed by atoms with Gasteiger partial charge in [0.15, 0.2) is 0 Å². The van der Waals surface area contributed by atoms with Crippen molar-refractivity contribution in [3.8, 4) is 5.75 Å². The van der Waals surface area contributed by atoms with Gasteiger partial charge in [0.05, 0.1) is 12.8 Å². The molecule has 1 aliphatic rings. The third kappa shape index (κ3) is 1.80. The summed E-state index contributed by atoms with van der Waals surface area (Å²) in [5.41, 5.74) is 6.54. The Bertz CT molecular complexity index is 379. The monoisotopic (exact) mass is 206 g/mol. The molecule has 0 unspecified atom stereocenters. The van der Waals surface area contributed by atoms with Crippen LogP contribution in [0.4, 0.5) is 5.69 Å².